The van der Waals surface area contributed by atoms with Gasteiger partial charge in [-0.3, -0.25) is 4.79 Å². The second kappa shape index (κ2) is 6.09. The van der Waals surface area contributed by atoms with Crippen LogP contribution >= 0.6 is 11.6 Å². The SMILES string of the molecule is CC(C)CNC(=O)C(C)Nc1nc2ccc(Cl)cn2n1. The Labute approximate surface area is 122 Å². The molecule has 0 aromatic carbocycles. The Morgan fingerprint density at radius 2 is 2.15 bits per heavy atom. The van der Waals surface area contributed by atoms with Crippen LogP contribution in [0.15, 0.2) is 18.3 Å². The number of rotatable bonds is 5. The molecule has 2 aromatic rings. The number of hydrogen-bond acceptors (Lipinski definition) is 4. The fourth-order valence-electron chi connectivity index (χ4n) is 1.64. The van der Waals surface area contributed by atoms with Crippen molar-refractivity contribution in [2.24, 2.45) is 5.92 Å². The topological polar surface area (TPSA) is 71.3 Å². The lowest BCUT2D eigenvalue weighted by Crippen LogP contribution is -2.39. The largest absolute Gasteiger partial charge is 0.354 e. The van der Waals surface area contributed by atoms with Crippen LogP contribution < -0.4 is 10.6 Å². The van der Waals surface area contributed by atoms with Gasteiger partial charge in [0.05, 0.1) is 5.02 Å². The number of nitrogens with one attached hydrogen (secondary N) is 2. The summed E-state index contributed by atoms with van der Waals surface area (Å²) in [7, 11) is 0. The van der Waals surface area contributed by atoms with E-state index in [4.69, 9.17) is 11.6 Å². The normalized spacial score (nSPS) is 12.7. The summed E-state index contributed by atoms with van der Waals surface area (Å²) in [5.41, 5.74) is 0.673. The van der Waals surface area contributed by atoms with Gasteiger partial charge >= 0.3 is 0 Å². The molecule has 0 saturated carbocycles. The number of hydrogen-bond donors (Lipinski definition) is 2. The molecular formula is C13H18ClN5O. The lowest BCUT2D eigenvalue weighted by molar-refractivity contribution is -0.121. The van der Waals surface area contributed by atoms with E-state index in [0.717, 1.165) is 0 Å². The molecule has 0 fully saturated rings. The summed E-state index contributed by atoms with van der Waals surface area (Å²) in [6.45, 7) is 6.52. The van der Waals surface area contributed by atoms with Crippen LogP contribution in [0.2, 0.25) is 5.02 Å². The molecule has 0 radical (unpaired) electrons. The Bertz CT molecular complexity index is 610. The highest BCUT2D eigenvalue weighted by atomic mass is 35.5. The second-order valence-corrected chi connectivity index (χ2v) is 5.53. The number of carbonyl (C=O) groups excluding carboxylic acids is 1. The zero-order chi connectivity index (χ0) is 14.7. The molecule has 0 aliphatic rings. The van der Waals surface area contributed by atoms with Crippen LogP contribution in [-0.2, 0) is 4.79 Å². The number of amides is 1. The van der Waals surface area contributed by atoms with Gasteiger partial charge in [-0.15, -0.1) is 5.10 Å². The first kappa shape index (κ1) is 14.6. The Balaban J connectivity index is 2.02. The molecule has 20 heavy (non-hydrogen) atoms. The van der Waals surface area contributed by atoms with Gasteiger partial charge in [0.2, 0.25) is 11.9 Å². The number of pyridine rings is 1. The number of aromatic nitrogens is 3. The van der Waals surface area contributed by atoms with Crippen molar-refractivity contribution in [1.29, 1.82) is 0 Å². The minimum absolute atomic E-state index is 0.0735. The molecule has 0 saturated heterocycles. The maximum Gasteiger partial charge on any atom is 0.243 e. The van der Waals surface area contributed by atoms with Crippen LogP contribution in [0, 0.1) is 5.92 Å². The standard InChI is InChI=1S/C13H18ClN5O/c1-8(2)6-15-12(20)9(3)16-13-17-11-5-4-10(14)7-19(11)18-13/h4-5,7-9H,6H2,1-3H3,(H,15,20)(H,16,18). The molecule has 0 aliphatic heterocycles. The summed E-state index contributed by atoms with van der Waals surface area (Å²) in [4.78, 5) is 16.1. The smallest absolute Gasteiger partial charge is 0.243 e. The monoisotopic (exact) mass is 295 g/mol. The first-order chi connectivity index (χ1) is 9.45. The van der Waals surface area contributed by atoms with Gasteiger partial charge in [0, 0.05) is 12.7 Å². The molecule has 1 atom stereocenters. The van der Waals surface area contributed by atoms with Crippen LogP contribution in [0.25, 0.3) is 5.65 Å². The molecule has 1 amide bonds. The van der Waals surface area contributed by atoms with E-state index in [1.165, 1.54) is 0 Å². The number of carbonyl (C=O) groups is 1. The van der Waals surface area contributed by atoms with Crippen LogP contribution in [-0.4, -0.2) is 33.1 Å². The zero-order valence-corrected chi connectivity index (χ0v) is 12.5. The van der Waals surface area contributed by atoms with Gasteiger partial charge in [-0.1, -0.05) is 25.4 Å². The lowest BCUT2D eigenvalue weighted by Gasteiger charge is -2.13. The maximum absolute atomic E-state index is 11.9. The van der Waals surface area contributed by atoms with Crippen LogP contribution in [0.5, 0.6) is 0 Å². The molecule has 2 aromatic heterocycles. The van der Waals surface area contributed by atoms with Crippen molar-refractivity contribution < 1.29 is 4.79 Å². The van der Waals surface area contributed by atoms with Gasteiger partial charge in [0.15, 0.2) is 5.65 Å². The molecule has 7 heteroatoms. The van der Waals surface area contributed by atoms with Crippen molar-refractivity contribution in [3.8, 4) is 0 Å². The highest BCUT2D eigenvalue weighted by Gasteiger charge is 2.15. The van der Waals surface area contributed by atoms with Crippen LogP contribution in [0.4, 0.5) is 5.95 Å². The van der Waals surface area contributed by atoms with E-state index in [2.05, 4.69) is 20.7 Å². The van der Waals surface area contributed by atoms with Crippen molar-refractivity contribution in [3.05, 3.63) is 23.4 Å². The Morgan fingerprint density at radius 1 is 1.40 bits per heavy atom. The van der Waals surface area contributed by atoms with Crippen molar-refractivity contribution in [2.45, 2.75) is 26.8 Å². The minimum Gasteiger partial charge on any atom is -0.354 e. The van der Waals surface area contributed by atoms with Crippen LogP contribution in [0.3, 0.4) is 0 Å². The fraction of sp³-hybridized carbons (Fsp3) is 0.462. The van der Waals surface area contributed by atoms with Gasteiger partial charge in [0.25, 0.3) is 0 Å². The molecule has 1 unspecified atom stereocenters. The molecule has 108 valence electrons. The van der Waals surface area contributed by atoms with Crippen molar-refractivity contribution >= 4 is 29.1 Å². The van der Waals surface area contributed by atoms with Gasteiger partial charge < -0.3 is 10.6 Å². The van der Waals surface area contributed by atoms with E-state index in [-0.39, 0.29) is 5.91 Å². The number of fused-ring (bicyclic) bond motifs is 1. The predicted molar refractivity (Wildman–Crippen MR) is 78.9 cm³/mol. The predicted octanol–water partition coefficient (Wildman–Crippen LogP) is 1.96. The third kappa shape index (κ3) is 3.60. The Kier molecular flexibility index (Phi) is 4.44. The number of anilines is 1. The molecule has 2 N–H and O–H groups in total. The molecule has 0 spiro atoms. The van der Waals surface area contributed by atoms with E-state index in [1.54, 1.807) is 29.8 Å². The van der Waals surface area contributed by atoms with Crippen molar-refractivity contribution in [1.82, 2.24) is 19.9 Å². The third-order valence-electron chi connectivity index (χ3n) is 2.72. The Hall–Kier alpha value is -1.82. The highest BCUT2D eigenvalue weighted by Crippen LogP contribution is 2.11. The van der Waals surface area contributed by atoms with E-state index >= 15 is 0 Å². The summed E-state index contributed by atoms with van der Waals surface area (Å²) in [5.74, 6) is 0.747. The lowest BCUT2D eigenvalue weighted by atomic mass is 10.2. The quantitative estimate of drug-likeness (QED) is 0.884. The van der Waals surface area contributed by atoms with Crippen LogP contribution in [0.1, 0.15) is 20.8 Å². The molecular weight excluding hydrogens is 278 g/mol. The molecule has 0 aliphatic carbocycles. The van der Waals surface area contributed by atoms with Gasteiger partial charge in [-0.05, 0) is 25.0 Å². The van der Waals surface area contributed by atoms with Crippen molar-refractivity contribution in [3.63, 3.8) is 0 Å². The second-order valence-electron chi connectivity index (χ2n) is 5.09. The first-order valence-corrected chi connectivity index (χ1v) is 6.89. The van der Waals surface area contributed by atoms with Gasteiger partial charge in [-0.2, -0.15) is 4.98 Å². The van der Waals surface area contributed by atoms with E-state index in [9.17, 15) is 4.79 Å². The first-order valence-electron chi connectivity index (χ1n) is 6.52. The maximum atomic E-state index is 11.9. The molecule has 0 bridgehead atoms. The van der Waals surface area contributed by atoms with Crippen molar-refractivity contribution in [2.75, 3.05) is 11.9 Å². The average Bonchev–Trinajstić information content (AvgIpc) is 2.76. The summed E-state index contributed by atoms with van der Waals surface area (Å²) in [6, 6.07) is 3.11. The minimum atomic E-state index is -0.401. The molecule has 6 nitrogen and oxygen atoms in total. The van der Waals surface area contributed by atoms with E-state index < -0.39 is 6.04 Å². The summed E-state index contributed by atoms with van der Waals surface area (Å²) in [5, 5.41) is 10.6. The zero-order valence-electron chi connectivity index (χ0n) is 11.7. The summed E-state index contributed by atoms with van der Waals surface area (Å²) >= 11 is 5.88. The third-order valence-corrected chi connectivity index (χ3v) is 2.94. The number of halogens is 1. The van der Waals surface area contributed by atoms with E-state index in [0.29, 0.717) is 29.1 Å². The Morgan fingerprint density at radius 3 is 2.85 bits per heavy atom. The highest BCUT2D eigenvalue weighted by molar-refractivity contribution is 6.30. The summed E-state index contributed by atoms with van der Waals surface area (Å²) in [6.07, 6.45) is 1.67. The van der Waals surface area contributed by atoms with Gasteiger partial charge in [0.1, 0.15) is 6.04 Å². The number of nitrogens with zero attached hydrogens (tertiary/aromatic N) is 3. The average molecular weight is 296 g/mol. The summed E-state index contributed by atoms with van der Waals surface area (Å²) < 4.78 is 1.57. The fourth-order valence-corrected chi connectivity index (χ4v) is 1.79. The van der Waals surface area contributed by atoms with Gasteiger partial charge in [-0.25, -0.2) is 4.52 Å². The van der Waals surface area contributed by atoms with E-state index in [1.807, 2.05) is 13.8 Å². The molecule has 2 heterocycles. The molecule has 2 rings (SSSR count).